The third kappa shape index (κ3) is 1.67. The third-order valence-electron chi connectivity index (χ3n) is 1.67. The normalized spacial score (nSPS) is 10.1. The van der Waals surface area contributed by atoms with Crippen molar-refractivity contribution in [2.75, 3.05) is 0 Å². The second-order valence-electron chi connectivity index (χ2n) is 2.69. The average molecular weight is 205 g/mol. The van der Waals surface area contributed by atoms with Crippen molar-refractivity contribution in [3.05, 3.63) is 29.7 Å². The molecule has 2 heterocycles. The lowest BCUT2D eigenvalue weighted by atomic mass is 10.3. The smallest absolute Gasteiger partial charge is 0.178 e. The molecule has 0 aromatic carbocycles. The number of hydrogen-bond donors (Lipinski definition) is 0. The molecule has 0 aliphatic heterocycles. The van der Waals surface area contributed by atoms with Crippen molar-refractivity contribution in [2.45, 2.75) is 6.92 Å². The SMILES string of the molecule is CC(=O)c1ccnc(-c2cncs2)n1. The van der Waals surface area contributed by atoms with Crippen molar-refractivity contribution < 1.29 is 4.79 Å². The van der Waals surface area contributed by atoms with Gasteiger partial charge in [-0.2, -0.15) is 0 Å². The Labute approximate surface area is 84.7 Å². The lowest BCUT2D eigenvalue weighted by Crippen LogP contribution is -1.98. The van der Waals surface area contributed by atoms with E-state index in [1.54, 1.807) is 24.0 Å². The quantitative estimate of drug-likeness (QED) is 0.701. The second-order valence-corrected chi connectivity index (χ2v) is 3.57. The van der Waals surface area contributed by atoms with Crippen LogP contribution in [0.25, 0.3) is 10.7 Å². The lowest BCUT2D eigenvalue weighted by Gasteiger charge is -1.96. The van der Waals surface area contributed by atoms with E-state index in [2.05, 4.69) is 15.0 Å². The van der Waals surface area contributed by atoms with E-state index in [1.165, 1.54) is 18.3 Å². The van der Waals surface area contributed by atoms with Crippen LogP contribution in [0, 0.1) is 0 Å². The zero-order valence-electron chi connectivity index (χ0n) is 7.47. The molecule has 0 bridgehead atoms. The first-order valence-corrected chi connectivity index (χ1v) is 4.88. The van der Waals surface area contributed by atoms with Crippen molar-refractivity contribution in [3.63, 3.8) is 0 Å². The van der Waals surface area contributed by atoms with Crippen molar-refractivity contribution >= 4 is 17.1 Å². The topological polar surface area (TPSA) is 55.7 Å². The van der Waals surface area contributed by atoms with Crippen LogP contribution in [-0.2, 0) is 0 Å². The van der Waals surface area contributed by atoms with Gasteiger partial charge in [-0.05, 0) is 6.07 Å². The predicted molar refractivity (Wildman–Crippen MR) is 53.1 cm³/mol. The first kappa shape index (κ1) is 8.96. The fourth-order valence-corrected chi connectivity index (χ4v) is 1.56. The Morgan fingerprint density at radius 1 is 1.50 bits per heavy atom. The van der Waals surface area contributed by atoms with Gasteiger partial charge in [0, 0.05) is 19.3 Å². The Bertz CT molecular complexity index is 453. The Morgan fingerprint density at radius 3 is 3.00 bits per heavy atom. The van der Waals surface area contributed by atoms with Crippen LogP contribution in [0.15, 0.2) is 24.0 Å². The minimum Gasteiger partial charge on any atom is -0.293 e. The van der Waals surface area contributed by atoms with Crippen LogP contribution in [0.2, 0.25) is 0 Å². The molecule has 0 saturated heterocycles. The van der Waals surface area contributed by atoms with Crippen molar-refractivity contribution in [3.8, 4) is 10.7 Å². The van der Waals surface area contributed by atoms with E-state index >= 15 is 0 Å². The van der Waals surface area contributed by atoms with Gasteiger partial charge in [0.25, 0.3) is 0 Å². The van der Waals surface area contributed by atoms with Crippen molar-refractivity contribution in [1.29, 1.82) is 0 Å². The van der Waals surface area contributed by atoms with Gasteiger partial charge in [0.15, 0.2) is 11.6 Å². The molecule has 0 N–H and O–H groups in total. The molecule has 2 aromatic rings. The fraction of sp³-hybridized carbons (Fsp3) is 0.111. The highest BCUT2D eigenvalue weighted by atomic mass is 32.1. The average Bonchev–Trinajstić information content (AvgIpc) is 2.71. The molecule has 0 atom stereocenters. The molecule has 0 aliphatic rings. The maximum absolute atomic E-state index is 11.1. The molecule has 70 valence electrons. The summed E-state index contributed by atoms with van der Waals surface area (Å²) >= 11 is 1.45. The number of rotatable bonds is 2. The number of carbonyl (C=O) groups is 1. The van der Waals surface area contributed by atoms with Crippen molar-refractivity contribution in [2.24, 2.45) is 0 Å². The van der Waals surface area contributed by atoms with Gasteiger partial charge >= 0.3 is 0 Å². The standard InChI is InChI=1S/C9H7N3OS/c1-6(13)7-2-3-11-9(12-7)8-4-10-5-14-8/h2-5H,1H3. The van der Waals surface area contributed by atoms with Crippen LogP contribution in [0.1, 0.15) is 17.4 Å². The molecule has 0 radical (unpaired) electrons. The zero-order valence-corrected chi connectivity index (χ0v) is 8.28. The summed E-state index contributed by atoms with van der Waals surface area (Å²) < 4.78 is 0. The number of aromatic nitrogens is 3. The molecule has 14 heavy (non-hydrogen) atoms. The van der Waals surface area contributed by atoms with Crippen LogP contribution < -0.4 is 0 Å². The Hall–Kier alpha value is -1.62. The largest absolute Gasteiger partial charge is 0.293 e. The zero-order chi connectivity index (χ0) is 9.97. The second kappa shape index (κ2) is 3.63. The summed E-state index contributed by atoms with van der Waals surface area (Å²) in [6.45, 7) is 1.48. The summed E-state index contributed by atoms with van der Waals surface area (Å²) in [6, 6.07) is 1.60. The van der Waals surface area contributed by atoms with E-state index in [9.17, 15) is 4.79 Å². The van der Waals surface area contributed by atoms with Crippen LogP contribution >= 0.6 is 11.3 Å². The molecule has 0 fully saturated rings. The molecule has 4 nitrogen and oxygen atoms in total. The maximum atomic E-state index is 11.1. The summed E-state index contributed by atoms with van der Waals surface area (Å²) in [5.41, 5.74) is 2.14. The lowest BCUT2D eigenvalue weighted by molar-refractivity contribution is 0.101. The number of Topliss-reactive ketones (excluding diaryl/α,β-unsaturated/α-hetero) is 1. The number of hydrogen-bond acceptors (Lipinski definition) is 5. The summed E-state index contributed by atoms with van der Waals surface area (Å²) in [7, 11) is 0. The van der Waals surface area contributed by atoms with Gasteiger partial charge in [0.2, 0.25) is 0 Å². The Kier molecular flexibility index (Phi) is 2.32. The summed E-state index contributed by atoms with van der Waals surface area (Å²) in [4.78, 5) is 24.1. The van der Waals surface area contributed by atoms with Gasteiger partial charge in [-0.25, -0.2) is 9.97 Å². The first-order valence-electron chi connectivity index (χ1n) is 4.00. The number of thiazole rings is 1. The summed E-state index contributed by atoms with van der Waals surface area (Å²) in [6.07, 6.45) is 3.27. The Morgan fingerprint density at radius 2 is 2.36 bits per heavy atom. The molecule has 2 rings (SSSR count). The van der Waals surface area contributed by atoms with E-state index in [4.69, 9.17) is 0 Å². The molecule has 0 spiro atoms. The van der Waals surface area contributed by atoms with Crippen molar-refractivity contribution in [1.82, 2.24) is 15.0 Å². The van der Waals surface area contributed by atoms with E-state index in [0.717, 1.165) is 4.88 Å². The maximum Gasteiger partial charge on any atom is 0.178 e. The molecule has 0 aliphatic carbocycles. The minimum atomic E-state index is -0.0573. The Balaban J connectivity index is 2.46. The van der Waals surface area contributed by atoms with Crippen LogP contribution in [0.3, 0.4) is 0 Å². The fourth-order valence-electron chi connectivity index (χ4n) is 1.000. The summed E-state index contributed by atoms with van der Waals surface area (Å²) in [5, 5.41) is 0. The third-order valence-corrected chi connectivity index (χ3v) is 2.44. The monoisotopic (exact) mass is 205 g/mol. The van der Waals surface area contributed by atoms with E-state index < -0.39 is 0 Å². The predicted octanol–water partition coefficient (Wildman–Crippen LogP) is 1.80. The van der Waals surface area contributed by atoms with Gasteiger partial charge in [0.1, 0.15) is 5.69 Å². The van der Waals surface area contributed by atoms with Gasteiger partial charge in [-0.15, -0.1) is 11.3 Å². The molecule has 0 unspecified atom stereocenters. The molecule has 5 heteroatoms. The number of nitrogens with zero attached hydrogens (tertiary/aromatic N) is 3. The van der Waals surface area contributed by atoms with Gasteiger partial charge in [-0.1, -0.05) is 0 Å². The van der Waals surface area contributed by atoms with Crippen LogP contribution in [0.5, 0.6) is 0 Å². The molecule has 0 saturated carbocycles. The molecular formula is C9H7N3OS. The van der Waals surface area contributed by atoms with E-state index in [0.29, 0.717) is 11.5 Å². The molecular weight excluding hydrogens is 198 g/mol. The number of carbonyl (C=O) groups excluding carboxylic acids is 1. The van der Waals surface area contributed by atoms with E-state index in [-0.39, 0.29) is 5.78 Å². The first-order chi connectivity index (χ1) is 6.77. The van der Waals surface area contributed by atoms with Gasteiger partial charge in [0.05, 0.1) is 10.4 Å². The highest BCUT2D eigenvalue weighted by Gasteiger charge is 2.06. The highest BCUT2D eigenvalue weighted by Crippen LogP contribution is 2.18. The van der Waals surface area contributed by atoms with Crippen LogP contribution in [0.4, 0.5) is 0 Å². The minimum absolute atomic E-state index is 0.0573. The van der Waals surface area contributed by atoms with Gasteiger partial charge in [-0.3, -0.25) is 9.78 Å². The number of ketones is 1. The molecule has 2 aromatic heterocycles. The summed E-state index contributed by atoms with van der Waals surface area (Å²) in [5.74, 6) is 0.498. The van der Waals surface area contributed by atoms with E-state index in [1.807, 2.05) is 0 Å². The molecule has 0 amide bonds. The highest BCUT2D eigenvalue weighted by molar-refractivity contribution is 7.13. The van der Waals surface area contributed by atoms with Gasteiger partial charge < -0.3 is 0 Å². The van der Waals surface area contributed by atoms with Crippen LogP contribution in [-0.4, -0.2) is 20.7 Å².